The molecule has 2 atom stereocenters. The van der Waals surface area contributed by atoms with Gasteiger partial charge in [-0.25, -0.2) is 9.98 Å². The van der Waals surface area contributed by atoms with E-state index in [1.54, 1.807) is 0 Å². The minimum Gasteiger partial charge on any atom is -0.545 e. The van der Waals surface area contributed by atoms with Crippen molar-refractivity contribution in [3.63, 3.8) is 0 Å². The van der Waals surface area contributed by atoms with E-state index in [9.17, 15) is 19.8 Å². The highest BCUT2D eigenvalue weighted by atomic mass is 28.4. The first kappa shape index (κ1) is 42.1. The van der Waals surface area contributed by atoms with E-state index in [1.165, 1.54) is 0 Å². The summed E-state index contributed by atoms with van der Waals surface area (Å²) in [6.07, 6.45) is 6.89. The Kier molecular flexibility index (Phi) is 21.7. The maximum atomic E-state index is 9.41. The zero-order chi connectivity index (χ0) is 33.5. The molecule has 0 aromatic carbocycles. The summed E-state index contributed by atoms with van der Waals surface area (Å²) in [4.78, 5) is 27.6. The summed E-state index contributed by atoms with van der Waals surface area (Å²) in [5, 5.41) is 18.8. The van der Waals surface area contributed by atoms with Crippen LogP contribution in [0.1, 0.15) is 68.2 Å². The molecule has 16 heteroatoms. The standard InChI is InChI=1S/2C12H27N2O3Si.C4H4O4/c2*1-5-10-14(11-9-13-12-14)18(15-6-2,16-7-3)17-8-4;5-3(6)1-2-4(7)8/h2*12H,5-11H2,1-4H3;1-2H,(H,5,6)(H,7,8)/q2*+1;/p-2/b;;2-1-. The van der Waals surface area contributed by atoms with E-state index in [1.807, 2.05) is 54.2 Å². The second-order valence-electron chi connectivity index (χ2n) is 9.62. The number of carbonyl (C=O) groups excluding carboxylic acids is 2. The first-order chi connectivity index (χ1) is 21.0. The Morgan fingerprint density at radius 1 is 0.614 bits per heavy atom. The van der Waals surface area contributed by atoms with Crippen molar-refractivity contribution in [1.29, 1.82) is 0 Å². The van der Waals surface area contributed by atoms with Crippen LogP contribution in [-0.2, 0) is 36.1 Å². The molecule has 2 aliphatic rings. The van der Waals surface area contributed by atoms with Gasteiger partial charge in [0, 0.05) is 39.6 Å². The smallest absolute Gasteiger partial charge is 0.545 e. The highest BCUT2D eigenvalue weighted by Crippen LogP contribution is 2.28. The highest BCUT2D eigenvalue weighted by Gasteiger charge is 2.67. The molecule has 0 spiro atoms. The van der Waals surface area contributed by atoms with Gasteiger partial charge in [-0.2, -0.15) is 0 Å². The van der Waals surface area contributed by atoms with Crippen molar-refractivity contribution in [2.75, 3.05) is 78.9 Å². The highest BCUT2D eigenvalue weighted by molar-refractivity contribution is 6.54. The molecule has 2 heterocycles. The fourth-order valence-corrected chi connectivity index (χ4v) is 11.5. The van der Waals surface area contributed by atoms with Crippen molar-refractivity contribution in [2.24, 2.45) is 9.98 Å². The van der Waals surface area contributed by atoms with Crippen molar-refractivity contribution in [3.8, 4) is 0 Å². The fourth-order valence-electron chi connectivity index (χ4n) is 5.09. The zero-order valence-electron chi connectivity index (χ0n) is 28.1. The first-order valence-electron chi connectivity index (χ1n) is 15.7. The third-order valence-corrected chi connectivity index (χ3v) is 13.7. The van der Waals surface area contributed by atoms with Gasteiger partial charge >= 0.3 is 17.9 Å². The first-order valence-corrected chi connectivity index (χ1v) is 19.1. The van der Waals surface area contributed by atoms with Gasteiger partial charge in [0.25, 0.3) is 0 Å². The van der Waals surface area contributed by atoms with Gasteiger partial charge in [0.1, 0.15) is 0 Å². The Balaban J connectivity index is 0.000000679. The number of nitrogens with zero attached hydrogens (tertiary/aromatic N) is 4. The van der Waals surface area contributed by atoms with Gasteiger partial charge in [-0.15, -0.1) is 0 Å². The third-order valence-electron chi connectivity index (χ3n) is 6.51. The average molecular weight is 665 g/mol. The van der Waals surface area contributed by atoms with Crippen molar-refractivity contribution < 1.29 is 54.7 Å². The van der Waals surface area contributed by atoms with Crippen LogP contribution in [0.25, 0.3) is 0 Å². The summed E-state index contributed by atoms with van der Waals surface area (Å²) < 4.78 is 37.5. The predicted octanol–water partition coefficient (Wildman–Crippen LogP) is 0.643. The lowest BCUT2D eigenvalue weighted by molar-refractivity contribution is -0.757. The number of carboxylic acid groups (broad SMARTS) is 2. The SMILES string of the molecule is CCC[N+]1([Si](OCC)(OCC)OCC)C=NCC1.CCC[N+]1([Si](OCC)(OCC)OCC)C=NCC1.O=C([O-])/C=C\C(=O)[O-]. The van der Waals surface area contributed by atoms with Crippen LogP contribution in [0, 0.1) is 0 Å². The molecule has 0 aromatic rings. The van der Waals surface area contributed by atoms with Crippen LogP contribution in [0.2, 0.25) is 0 Å². The number of aliphatic imine (C=N–C) groups is 2. The van der Waals surface area contributed by atoms with Gasteiger partial charge in [0.15, 0.2) is 12.7 Å². The molecule has 0 saturated carbocycles. The molecule has 2 rings (SSSR count). The third kappa shape index (κ3) is 12.1. The molecule has 0 aliphatic carbocycles. The molecular formula is C28H56N4O10Si2. The van der Waals surface area contributed by atoms with Crippen LogP contribution in [0.4, 0.5) is 0 Å². The van der Waals surface area contributed by atoms with Crippen molar-refractivity contribution in [1.82, 2.24) is 0 Å². The molecule has 0 bridgehead atoms. The Bertz CT molecular complexity index is 808. The van der Waals surface area contributed by atoms with E-state index in [4.69, 9.17) is 26.6 Å². The maximum absolute atomic E-state index is 9.41. The molecule has 0 radical (unpaired) electrons. The Hall–Kier alpha value is -1.87. The van der Waals surface area contributed by atoms with E-state index in [-0.39, 0.29) is 0 Å². The molecule has 256 valence electrons. The number of rotatable bonds is 20. The molecule has 0 saturated heterocycles. The maximum Gasteiger partial charge on any atom is 0.790 e. The van der Waals surface area contributed by atoms with Gasteiger partial charge in [0.2, 0.25) is 0 Å². The summed E-state index contributed by atoms with van der Waals surface area (Å²) in [7, 11) is -5.49. The van der Waals surface area contributed by atoms with Crippen LogP contribution >= 0.6 is 0 Å². The summed E-state index contributed by atoms with van der Waals surface area (Å²) in [5.41, 5.74) is 0. The lowest BCUT2D eigenvalue weighted by Crippen LogP contribution is -2.72. The van der Waals surface area contributed by atoms with Crippen LogP contribution < -0.4 is 10.2 Å². The molecule has 2 unspecified atom stereocenters. The van der Waals surface area contributed by atoms with Crippen LogP contribution in [0.3, 0.4) is 0 Å². The molecule has 44 heavy (non-hydrogen) atoms. The number of carboxylic acids is 2. The van der Waals surface area contributed by atoms with Crippen LogP contribution in [0.15, 0.2) is 22.1 Å². The topological polar surface area (TPSA) is 160 Å². The second-order valence-corrected chi connectivity index (χ2v) is 15.2. The quantitative estimate of drug-likeness (QED) is 0.134. The summed E-state index contributed by atoms with van der Waals surface area (Å²) in [5.74, 6) is -3.09. The van der Waals surface area contributed by atoms with Gasteiger partial charge < -0.3 is 46.4 Å². The zero-order valence-corrected chi connectivity index (χ0v) is 30.1. The Morgan fingerprint density at radius 3 is 1.05 bits per heavy atom. The van der Waals surface area contributed by atoms with Crippen molar-refractivity contribution >= 4 is 42.5 Å². The Labute approximate surface area is 266 Å². The normalized spacial score (nSPS) is 21.2. The van der Waals surface area contributed by atoms with E-state index in [0.29, 0.717) is 60.1 Å². The number of quaternary nitrogens is 2. The monoisotopic (exact) mass is 664 g/mol. The molecule has 0 aromatic heterocycles. The number of hydrogen-bond acceptors (Lipinski definition) is 12. The van der Waals surface area contributed by atoms with Crippen LogP contribution in [-0.4, -0.2) is 130 Å². The van der Waals surface area contributed by atoms with Crippen molar-refractivity contribution in [2.45, 2.75) is 68.2 Å². The number of aliphatic carboxylic acids is 2. The van der Waals surface area contributed by atoms with E-state index in [2.05, 4.69) is 23.8 Å². The van der Waals surface area contributed by atoms with Gasteiger partial charge in [0.05, 0.1) is 51.2 Å². The largest absolute Gasteiger partial charge is 0.790 e. The number of carbonyl (C=O) groups is 2. The van der Waals surface area contributed by atoms with Gasteiger partial charge in [-0.05, 0) is 66.5 Å². The molecule has 14 nitrogen and oxygen atoms in total. The minimum atomic E-state index is -2.75. The van der Waals surface area contributed by atoms with Crippen molar-refractivity contribution in [3.05, 3.63) is 12.2 Å². The lowest BCUT2D eigenvalue weighted by atomic mass is 10.4. The molecular weight excluding hydrogens is 608 g/mol. The molecule has 2 aliphatic heterocycles. The van der Waals surface area contributed by atoms with Crippen LogP contribution in [0.5, 0.6) is 0 Å². The van der Waals surface area contributed by atoms with Gasteiger partial charge in [-0.1, -0.05) is 13.8 Å². The van der Waals surface area contributed by atoms with E-state index in [0.717, 1.165) is 52.1 Å². The molecule has 0 N–H and O–H groups in total. The second kappa shape index (κ2) is 22.6. The number of hydrogen-bond donors (Lipinski definition) is 0. The molecule has 0 amide bonds. The summed E-state index contributed by atoms with van der Waals surface area (Å²) in [6, 6.07) is 0. The van der Waals surface area contributed by atoms with E-state index < -0.39 is 29.9 Å². The lowest BCUT2D eigenvalue weighted by Gasteiger charge is -2.41. The molecule has 0 fully saturated rings. The summed E-state index contributed by atoms with van der Waals surface area (Å²) >= 11 is 0. The predicted molar refractivity (Wildman–Crippen MR) is 168 cm³/mol. The summed E-state index contributed by atoms with van der Waals surface area (Å²) in [6.45, 7) is 25.5. The minimum absolute atomic E-state index is 0.384. The van der Waals surface area contributed by atoms with E-state index >= 15 is 0 Å². The van der Waals surface area contributed by atoms with Gasteiger partial charge in [-0.3, -0.25) is 8.30 Å². The fraction of sp³-hybridized carbons (Fsp3) is 0.786. The Morgan fingerprint density at radius 2 is 0.886 bits per heavy atom. The average Bonchev–Trinajstić information content (AvgIpc) is 3.66.